The first-order valence-corrected chi connectivity index (χ1v) is 7.57. The smallest absolute Gasteiger partial charge is 0.142 e. The number of hydrogen-bond donors (Lipinski definition) is 1. The molecule has 3 nitrogen and oxygen atoms in total. The summed E-state index contributed by atoms with van der Waals surface area (Å²) in [6.45, 7) is 3.69. The molecule has 4 heteroatoms. The van der Waals surface area contributed by atoms with Crippen LogP contribution in [-0.4, -0.2) is 26.3 Å². The number of halogens is 1. The molecule has 0 saturated carbocycles. The number of fused-ring (bicyclic) bond motifs is 2. The molecule has 4 rings (SSSR count). The van der Waals surface area contributed by atoms with Crippen LogP contribution in [0.2, 0.25) is 5.02 Å². The average molecular weight is 280 g/mol. The lowest BCUT2D eigenvalue weighted by atomic mass is 9.85. The summed E-state index contributed by atoms with van der Waals surface area (Å²) in [6.07, 6.45) is 4.35. The number of ether oxygens (including phenoxy) is 2. The van der Waals surface area contributed by atoms with Crippen LogP contribution >= 0.6 is 11.6 Å². The molecule has 102 valence electrons. The molecular formula is C15H18ClNO2. The second-order valence-electron chi connectivity index (χ2n) is 5.58. The van der Waals surface area contributed by atoms with E-state index < -0.39 is 0 Å². The van der Waals surface area contributed by atoms with Gasteiger partial charge in [-0.3, -0.25) is 0 Å². The van der Waals surface area contributed by atoms with Gasteiger partial charge in [0.15, 0.2) is 0 Å². The van der Waals surface area contributed by atoms with Crippen molar-refractivity contribution < 1.29 is 9.47 Å². The molecular weight excluding hydrogens is 262 g/mol. The Kier molecular flexibility index (Phi) is 2.85. The number of nitrogens with one attached hydrogen (secondary N) is 1. The van der Waals surface area contributed by atoms with Crippen molar-refractivity contribution in [3.63, 3.8) is 0 Å². The third-order valence-corrected chi connectivity index (χ3v) is 4.88. The van der Waals surface area contributed by atoms with Crippen molar-refractivity contribution >= 4 is 11.6 Å². The molecule has 0 aromatic heterocycles. The summed E-state index contributed by atoms with van der Waals surface area (Å²) >= 11 is 6.49. The Balaban J connectivity index is 1.89. The minimum atomic E-state index is 0.549. The predicted octanol–water partition coefficient (Wildman–Crippen LogP) is 2.68. The fourth-order valence-corrected chi connectivity index (χ4v) is 3.97. The summed E-state index contributed by atoms with van der Waals surface area (Å²) < 4.78 is 11.7. The Bertz CT molecular complexity index is 488. The molecule has 1 fully saturated rings. The molecule has 1 saturated heterocycles. The first-order valence-electron chi connectivity index (χ1n) is 7.19. The van der Waals surface area contributed by atoms with Crippen LogP contribution in [0.4, 0.5) is 0 Å². The van der Waals surface area contributed by atoms with Gasteiger partial charge in [-0.2, -0.15) is 0 Å². The van der Waals surface area contributed by atoms with E-state index in [1.54, 1.807) is 0 Å². The standard InChI is InChI=1S/C15H18ClNO2/c16-13-11-4-7-18-14(11)12(9-2-1-5-17-8-9)10-3-6-19-15(10)13/h9,17H,1-8H2. The lowest BCUT2D eigenvalue weighted by Gasteiger charge is -2.27. The van der Waals surface area contributed by atoms with E-state index in [0.29, 0.717) is 5.92 Å². The van der Waals surface area contributed by atoms with Crippen LogP contribution in [0.5, 0.6) is 11.5 Å². The summed E-state index contributed by atoms with van der Waals surface area (Å²) in [6, 6.07) is 0. The fraction of sp³-hybridized carbons (Fsp3) is 0.600. The van der Waals surface area contributed by atoms with Crippen LogP contribution in [0.15, 0.2) is 0 Å². The van der Waals surface area contributed by atoms with Crippen molar-refractivity contribution in [2.24, 2.45) is 0 Å². The van der Waals surface area contributed by atoms with E-state index in [1.165, 1.54) is 29.5 Å². The Morgan fingerprint density at radius 3 is 2.63 bits per heavy atom. The molecule has 1 N–H and O–H groups in total. The van der Waals surface area contributed by atoms with Crippen molar-refractivity contribution in [2.45, 2.75) is 31.6 Å². The topological polar surface area (TPSA) is 30.5 Å². The first-order chi connectivity index (χ1) is 9.36. The summed E-state index contributed by atoms with van der Waals surface area (Å²) in [7, 11) is 0. The quantitative estimate of drug-likeness (QED) is 0.857. The molecule has 3 aliphatic rings. The van der Waals surface area contributed by atoms with Crippen molar-refractivity contribution in [2.75, 3.05) is 26.3 Å². The van der Waals surface area contributed by atoms with Crippen molar-refractivity contribution in [1.29, 1.82) is 0 Å². The summed E-state index contributed by atoms with van der Waals surface area (Å²) in [4.78, 5) is 0. The van der Waals surface area contributed by atoms with Crippen LogP contribution in [0, 0.1) is 0 Å². The molecule has 0 amide bonds. The minimum absolute atomic E-state index is 0.549. The third-order valence-electron chi connectivity index (χ3n) is 4.48. The molecule has 1 unspecified atom stereocenters. The van der Waals surface area contributed by atoms with E-state index in [4.69, 9.17) is 21.1 Å². The monoisotopic (exact) mass is 279 g/mol. The van der Waals surface area contributed by atoms with Gasteiger partial charge in [-0.25, -0.2) is 0 Å². The van der Waals surface area contributed by atoms with Gasteiger partial charge >= 0.3 is 0 Å². The fourth-order valence-electron chi connectivity index (χ4n) is 3.62. The number of rotatable bonds is 1. The zero-order valence-corrected chi connectivity index (χ0v) is 11.7. The minimum Gasteiger partial charge on any atom is -0.493 e. The van der Waals surface area contributed by atoms with E-state index in [2.05, 4.69) is 5.32 Å². The lowest BCUT2D eigenvalue weighted by molar-refractivity contribution is 0.345. The number of benzene rings is 1. The van der Waals surface area contributed by atoms with Crippen molar-refractivity contribution in [1.82, 2.24) is 5.32 Å². The number of hydrogen-bond acceptors (Lipinski definition) is 3. The van der Waals surface area contributed by atoms with E-state index in [-0.39, 0.29) is 0 Å². The summed E-state index contributed by atoms with van der Waals surface area (Å²) in [5, 5.41) is 4.30. The van der Waals surface area contributed by atoms with E-state index in [9.17, 15) is 0 Å². The van der Waals surface area contributed by atoms with Crippen molar-refractivity contribution in [3.8, 4) is 11.5 Å². The van der Waals surface area contributed by atoms with Gasteiger partial charge in [0.25, 0.3) is 0 Å². The largest absolute Gasteiger partial charge is 0.493 e. The summed E-state index contributed by atoms with van der Waals surface area (Å²) in [5.74, 6) is 2.56. The molecule has 0 aliphatic carbocycles. The Morgan fingerprint density at radius 2 is 1.84 bits per heavy atom. The molecule has 1 aromatic rings. The Labute approximate surface area is 118 Å². The predicted molar refractivity (Wildman–Crippen MR) is 74.7 cm³/mol. The van der Waals surface area contributed by atoms with Crippen LogP contribution in [0.1, 0.15) is 35.4 Å². The molecule has 0 radical (unpaired) electrons. The van der Waals surface area contributed by atoms with Gasteiger partial charge in [-0.1, -0.05) is 11.6 Å². The molecule has 1 aromatic carbocycles. The van der Waals surface area contributed by atoms with Crippen LogP contribution < -0.4 is 14.8 Å². The van der Waals surface area contributed by atoms with Gasteiger partial charge in [-0.05, 0) is 19.4 Å². The SMILES string of the molecule is Clc1c2c(c(C3CCCNC3)c3c1OCC3)OCC2. The van der Waals surface area contributed by atoms with E-state index >= 15 is 0 Å². The van der Waals surface area contributed by atoms with Gasteiger partial charge in [0.1, 0.15) is 11.5 Å². The zero-order valence-electron chi connectivity index (χ0n) is 10.9. The molecule has 0 bridgehead atoms. The first kappa shape index (κ1) is 11.9. The molecule has 0 spiro atoms. The van der Waals surface area contributed by atoms with Gasteiger partial charge < -0.3 is 14.8 Å². The van der Waals surface area contributed by atoms with Crippen LogP contribution in [-0.2, 0) is 12.8 Å². The molecule has 19 heavy (non-hydrogen) atoms. The van der Waals surface area contributed by atoms with Crippen LogP contribution in [0.25, 0.3) is 0 Å². The normalized spacial score (nSPS) is 24.6. The zero-order chi connectivity index (χ0) is 12.8. The van der Waals surface area contributed by atoms with Gasteiger partial charge in [0.05, 0.1) is 18.2 Å². The van der Waals surface area contributed by atoms with E-state index in [1.807, 2.05) is 0 Å². The highest BCUT2D eigenvalue weighted by atomic mass is 35.5. The Morgan fingerprint density at radius 1 is 1.05 bits per heavy atom. The molecule has 3 aliphatic heterocycles. The van der Waals surface area contributed by atoms with Gasteiger partial charge in [0.2, 0.25) is 0 Å². The molecule has 1 atom stereocenters. The second-order valence-corrected chi connectivity index (χ2v) is 5.96. The second kappa shape index (κ2) is 4.57. The lowest BCUT2D eigenvalue weighted by Crippen LogP contribution is -2.29. The number of piperidine rings is 1. The highest BCUT2D eigenvalue weighted by Gasteiger charge is 2.34. The third kappa shape index (κ3) is 1.75. The highest BCUT2D eigenvalue weighted by Crippen LogP contribution is 2.50. The maximum Gasteiger partial charge on any atom is 0.142 e. The van der Waals surface area contributed by atoms with E-state index in [0.717, 1.165) is 55.7 Å². The Hall–Kier alpha value is -0.930. The summed E-state index contributed by atoms with van der Waals surface area (Å²) in [5.41, 5.74) is 3.86. The highest BCUT2D eigenvalue weighted by molar-refractivity contribution is 6.33. The van der Waals surface area contributed by atoms with Crippen LogP contribution in [0.3, 0.4) is 0 Å². The molecule has 3 heterocycles. The van der Waals surface area contributed by atoms with Crippen molar-refractivity contribution in [3.05, 3.63) is 21.7 Å². The van der Waals surface area contributed by atoms with Gasteiger partial charge in [0, 0.05) is 42.0 Å². The maximum absolute atomic E-state index is 6.49. The maximum atomic E-state index is 6.49. The van der Waals surface area contributed by atoms with Gasteiger partial charge in [-0.15, -0.1) is 0 Å². The average Bonchev–Trinajstić information content (AvgIpc) is 3.09.